The summed E-state index contributed by atoms with van der Waals surface area (Å²) in [5, 5.41) is 18.2. The van der Waals surface area contributed by atoms with E-state index in [9.17, 15) is 22.3 Å². The fraction of sp³-hybridized carbons (Fsp3) is 0.0625. The predicted molar refractivity (Wildman–Crippen MR) is 92.3 cm³/mol. The van der Waals surface area contributed by atoms with Gasteiger partial charge < -0.3 is 9.63 Å². The van der Waals surface area contributed by atoms with Crippen LogP contribution in [0.1, 0.15) is 5.76 Å². The molecule has 0 bridgehead atoms. The van der Waals surface area contributed by atoms with E-state index in [0.29, 0.717) is 5.56 Å². The molecule has 0 saturated carbocycles. The highest BCUT2D eigenvalue weighted by molar-refractivity contribution is 9.10. The Kier molecular flexibility index (Phi) is 4.93. The van der Waals surface area contributed by atoms with Gasteiger partial charge in [0, 0.05) is 10.0 Å². The van der Waals surface area contributed by atoms with Gasteiger partial charge in [-0.3, -0.25) is 0 Å². The Morgan fingerprint density at radius 1 is 1.15 bits per heavy atom. The molecule has 0 fully saturated rings. The highest BCUT2D eigenvalue weighted by atomic mass is 79.9. The van der Waals surface area contributed by atoms with Crippen molar-refractivity contribution in [3.8, 4) is 22.4 Å². The number of sulfonamides is 1. The minimum atomic E-state index is -4.58. The molecule has 1 heterocycles. The molecule has 0 aliphatic rings. The van der Waals surface area contributed by atoms with Gasteiger partial charge in [0.2, 0.25) is 10.0 Å². The normalized spacial score (nSPS) is 11.7. The minimum absolute atomic E-state index is 0.0258. The lowest BCUT2D eigenvalue weighted by molar-refractivity contribution is 0.230. The predicted octanol–water partition coefficient (Wildman–Crippen LogP) is 3.19. The molecular weight excluding hydrogens is 434 g/mol. The van der Waals surface area contributed by atoms with Crippen LogP contribution in [-0.2, 0) is 16.6 Å². The summed E-state index contributed by atoms with van der Waals surface area (Å²) in [7, 11) is -4.58. The van der Waals surface area contributed by atoms with Crippen LogP contribution in [0, 0.1) is 11.6 Å². The SMILES string of the molecule is NS(=O)(=O)c1c(F)cc(-c2c(-c3cccc(Br)c3)noc2CO)cc1F. The summed E-state index contributed by atoms with van der Waals surface area (Å²) in [6.45, 7) is -0.573. The first-order valence-corrected chi connectivity index (χ1v) is 9.44. The minimum Gasteiger partial charge on any atom is -0.388 e. The summed E-state index contributed by atoms with van der Waals surface area (Å²) in [6.07, 6.45) is 0. The smallest absolute Gasteiger partial charge is 0.243 e. The van der Waals surface area contributed by atoms with Crippen LogP contribution < -0.4 is 5.14 Å². The molecule has 26 heavy (non-hydrogen) atoms. The molecule has 3 aromatic rings. The molecule has 136 valence electrons. The van der Waals surface area contributed by atoms with E-state index < -0.39 is 33.2 Å². The molecule has 0 unspecified atom stereocenters. The Hall–Kier alpha value is -2.14. The first-order valence-electron chi connectivity index (χ1n) is 7.10. The number of primary sulfonamides is 1. The number of hydrogen-bond donors (Lipinski definition) is 2. The Morgan fingerprint density at radius 2 is 1.81 bits per heavy atom. The van der Waals surface area contributed by atoms with Gasteiger partial charge in [0.15, 0.2) is 10.7 Å². The van der Waals surface area contributed by atoms with Crippen molar-refractivity contribution in [2.24, 2.45) is 5.14 Å². The molecule has 6 nitrogen and oxygen atoms in total. The summed E-state index contributed by atoms with van der Waals surface area (Å²) in [4.78, 5) is -1.23. The summed E-state index contributed by atoms with van der Waals surface area (Å²) in [5.74, 6) is -2.73. The van der Waals surface area contributed by atoms with Crippen molar-refractivity contribution >= 4 is 26.0 Å². The molecule has 3 rings (SSSR count). The first-order chi connectivity index (χ1) is 12.2. The standard InChI is InChI=1S/C16H11BrF2N2O4S/c17-10-3-1-2-8(4-10)15-14(13(7-22)25-21-15)9-5-11(18)16(12(19)6-9)26(20,23)24/h1-6,22H,7H2,(H2,20,23,24). The molecule has 1 aromatic heterocycles. The quantitative estimate of drug-likeness (QED) is 0.642. The molecule has 0 aliphatic heterocycles. The molecule has 0 spiro atoms. The van der Waals surface area contributed by atoms with Gasteiger partial charge in [-0.1, -0.05) is 33.2 Å². The van der Waals surface area contributed by atoms with E-state index in [1.807, 2.05) is 0 Å². The topological polar surface area (TPSA) is 106 Å². The summed E-state index contributed by atoms with van der Waals surface area (Å²) < 4.78 is 56.9. The third kappa shape index (κ3) is 3.40. The van der Waals surface area contributed by atoms with Crippen molar-refractivity contribution in [1.29, 1.82) is 0 Å². The van der Waals surface area contributed by atoms with Crippen LogP contribution in [0.2, 0.25) is 0 Å². The van der Waals surface area contributed by atoms with Crippen LogP contribution in [0.15, 0.2) is 50.3 Å². The van der Waals surface area contributed by atoms with E-state index in [4.69, 9.17) is 9.66 Å². The lowest BCUT2D eigenvalue weighted by Crippen LogP contribution is -2.16. The maximum Gasteiger partial charge on any atom is 0.243 e. The third-order valence-corrected chi connectivity index (χ3v) is 5.03. The van der Waals surface area contributed by atoms with Gasteiger partial charge in [0.25, 0.3) is 0 Å². The fourth-order valence-corrected chi connectivity index (χ4v) is 3.60. The van der Waals surface area contributed by atoms with E-state index in [1.165, 1.54) is 0 Å². The van der Waals surface area contributed by atoms with Gasteiger partial charge in [-0.05, 0) is 29.8 Å². The van der Waals surface area contributed by atoms with Crippen LogP contribution in [-0.4, -0.2) is 18.7 Å². The molecule has 0 saturated heterocycles. The molecule has 0 radical (unpaired) electrons. The van der Waals surface area contributed by atoms with Crippen LogP contribution in [0.3, 0.4) is 0 Å². The van der Waals surface area contributed by atoms with Crippen molar-refractivity contribution in [3.63, 3.8) is 0 Å². The maximum absolute atomic E-state index is 14.2. The van der Waals surface area contributed by atoms with E-state index in [2.05, 4.69) is 21.1 Å². The number of nitrogens with zero attached hydrogens (tertiary/aromatic N) is 1. The molecule has 0 atom stereocenters. The van der Waals surface area contributed by atoms with Crippen molar-refractivity contribution < 1.29 is 26.8 Å². The third-order valence-electron chi connectivity index (χ3n) is 3.58. The Bertz CT molecular complexity index is 1080. The monoisotopic (exact) mass is 444 g/mol. The van der Waals surface area contributed by atoms with Gasteiger partial charge in [0.1, 0.15) is 23.9 Å². The molecule has 2 aromatic carbocycles. The zero-order chi connectivity index (χ0) is 19.1. The maximum atomic E-state index is 14.2. The Balaban J connectivity index is 2.26. The second kappa shape index (κ2) is 6.88. The highest BCUT2D eigenvalue weighted by Crippen LogP contribution is 2.37. The van der Waals surface area contributed by atoms with Crippen molar-refractivity contribution in [1.82, 2.24) is 5.16 Å². The van der Waals surface area contributed by atoms with Crippen molar-refractivity contribution in [3.05, 3.63) is 58.3 Å². The molecule has 0 amide bonds. The Labute approximate surface area is 155 Å². The summed E-state index contributed by atoms with van der Waals surface area (Å²) >= 11 is 3.31. The number of rotatable bonds is 4. The molecular formula is C16H11BrF2N2O4S. The number of aliphatic hydroxyl groups is 1. The van der Waals surface area contributed by atoms with Crippen LogP contribution in [0.25, 0.3) is 22.4 Å². The second-order valence-corrected chi connectivity index (χ2v) is 7.73. The molecule has 0 aliphatic carbocycles. The van der Waals surface area contributed by atoms with Crippen LogP contribution >= 0.6 is 15.9 Å². The van der Waals surface area contributed by atoms with E-state index in [-0.39, 0.29) is 22.6 Å². The highest BCUT2D eigenvalue weighted by Gasteiger charge is 2.25. The summed E-state index contributed by atoms with van der Waals surface area (Å²) in [6, 6.07) is 8.50. The average molecular weight is 445 g/mol. The Morgan fingerprint density at radius 3 is 2.35 bits per heavy atom. The van der Waals surface area contributed by atoms with Gasteiger partial charge >= 0.3 is 0 Å². The van der Waals surface area contributed by atoms with Gasteiger partial charge in [-0.2, -0.15) is 0 Å². The van der Waals surface area contributed by atoms with Crippen LogP contribution in [0.5, 0.6) is 0 Å². The zero-order valence-electron chi connectivity index (χ0n) is 12.9. The first kappa shape index (κ1) is 18.6. The fourth-order valence-electron chi connectivity index (χ4n) is 2.54. The second-order valence-electron chi connectivity index (χ2n) is 5.31. The number of aromatic nitrogens is 1. The largest absolute Gasteiger partial charge is 0.388 e. The number of hydrogen-bond acceptors (Lipinski definition) is 5. The van der Waals surface area contributed by atoms with Crippen molar-refractivity contribution in [2.75, 3.05) is 0 Å². The van der Waals surface area contributed by atoms with Crippen LogP contribution in [0.4, 0.5) is 8.78 Å². The van der Waals surface area contributed by atoms with Gasteiger partial charge in [-0.15, -0.1) is 0 Å². The number of aliphatic hydroxyl groups excluding tert-OH is 1. The molecule has 3 N–H and O–H groups in total. The number of nitrogens with two attached hydrogens (primary N) is 1. The van der Waals surface area contributed by atoms with E-state index >= 15 is 0 Å². The molecule has 10 heteroatoms. The average Bonchev–Trinajstić information content (AvgIpc) is 2.96. The summed E-state index contributed by atoms with van der Waals surface area (Å²) in [5.41, 5.74) is 0.892. The van der Waals surface area contributed by atoms with E-state index in [1.54, 1.807) is 24.3 Å². The van der Waals surface area contributed by atoms with Gasteiger partial charge in [-0.25, -0.2) is 22.3 Å². The van der Waals surface area contributed by atoms with E-state index in [0.717, 1.165) is 16.6 Å². The number of halogens is 3. The lowest BCUT2D eigenvalue weighted by atomic mass is 9.99. The van der Waals surface area contributed by atoms with Crippen molar-refractivity contribution in [2.45, 2.75) is 11.5 Å². The zero-order valence-corrected chi connectivity index (χ0v) is 15.3. The number of benzene rings is 2. The van der Waals surface area contributed by atoms with Gasteiger partial charge in [0.05, 0.1) is 5.56 Å². The lowest BCUT2D eigenvalue weighted by Gasteiger charge is -2.08.